The monoisotopic (exact) mass is 746 g/mol. The van der Waals surface area contributed by atoms with Gasteiger partial charge in [-0.3, -0.25) is 4.40 Å². The van der Waals surface area contributed by atoms with E-state index < -0.39 is 0 Å². The van der Waals surface area contributed by atoms with Crippen molar-refractivity contribution in [3.05, 3.63) is 182 Å². The molecule has 0 aliphatic rings. The van der Waals surface area contributed by atoms with Gasteiger partial charge < -0.3 is 8.97 Å². The molecule has 0 N–H and O–H groups in total. The fourth-order valence-electron chi connectivity index (χ4n) is 11.1. The molecule has 4 nitrogen and oxygen atoms in total. The molecule has 9 aromatic carbocycles. The third-order valence-electron chi connectivity index (χ3n) is 13.4. The van der Waals surface area contributed by atoms with E-state index in [1.54, 1.807) is 0 Å². The average molecular weight is 747 g/mol. The molecule has 6 aromatic heterocycles. The van der Waals surface area contributed by atoms with Gasteiger partial charge in [-0.1, -0.05) is 127 Å². The van der Waals surface area contributed by atoms with Gasteiger partial charge in [-0.25, -0.2) is 4.98 Å². The molecule has 0 aliphatic carbocycles. The van der Waals surface area contributed by atoms with Crippen molar-refractivity contribution in [1.82, 2.24) is 18.4 Å². The average Bonchev–Trinajstić information content (AvgIpc) is 4.08. The van der Waals surface area contributed by atoms with Crippen molar-refractivity contribution in [2.24, 2.45) is 0 Å². The van der Waals surface area contributed by atoms with Gasteiger partial charge in [0.2, 0.25) is 0 Å². The van der Waals surface area contributed by atoms with Crippen LogP contribution in [0.4, 0.5) is 0 Å². The minimum atomic E-state index is 1.00. The molecule has 0 aliphatic heterocycles. The van der Waals surface area contributed by atoms with E-state index in [0.717, 1.165) is 22.4 Å². The smallest absolute Gasteiger partial charge is 0.146 e. The molecule has 0 saturated heterocycles. The van der Waals surface area contributed by atoms with Crippen molar-refractivity contribution in [2.75, 3.05) is 0 Å². The van der Waals surface area contributed by atoms with E-state index in [-0.39, 0.29) is 0 Å². The summed E-state index contributed by atoms with van der Waals surface area (Å²) in [6, 6.07) is 67.2. The number of pyridine rings is 1. The third-order valence-corrected chi connectivity index (χ3v) is 13.4. The number of aromatic nitrogens is 4. The Morgan fingerprint density at radius 2 is 0.949 bits per heavy atom. The van der Waals surface area contributed by atoms with Gasteiger partial charge in [0.15, 0.2) is 0 Å². The molecule has 15 rings (SSSR count). The molecule has 0 saturated carbocycles. The molecule has 270 valence electrons. The first-order valence-corrected chi connectivity index (χ1v) is 20.4. The van der Waals surface area contributed by atoms with Gasteiger partial charge in [-0.2, -0.15) is 0 Å². The Morgan fingerprint density at radius 3 is 1.75 bits per heavy atom. The van der Waals surface area contributed by atoms with Gasteiger partial charge in [0, 0.05) is 59.7 Å². The highest BCUT2D eigenvalue weighted by Crippen LogP contribution is 2.48. The van der Waals surface area contributed by atoms with Crippen LogP contribution >= 0.6 is 0 Å². The molecular formula is C55H30N4. The molecule has 4 heteroatoms. The van der Waals surface area contributed by atoms with E-state index in [0.29, 0.717) is 0 Å². The fourth-order valence-corrected chi connectivity index (χ4v) is 11.1. The lowest BCUT2D eigenvalue weighted by Gasteiger charge is -2.09. The molecule has 0 bridgehead atoms. The highest BCUT2D eigenvalue weighted by molar-refractivity contribution is 6.35. The molecular weight excluding hydrogens is 717 g/mol. The lowest BCUT2D eigenvalue weighted by atomic mass is 9.98. The molecule has 0 atom stereocenters. The van der Waals surface area contributed by atoms with Crippen LogP contribution in [0.2, 0.25) is 0 Å². The summed E-state index contributed by atoms with van der Waals surface area (Å²) in [5.41, 5.74) is 14.1. The van der Waals surface area contributed by atoms with Crippen LogP contribution in [-0.2, 0) is 0 Å². The summed E-state index contributed by atoms with van der Waals surface area (Å²) < 4.78 is 7.38. The molecule has 0 radical (unpaired) electrons. The summed E-state index contributed by atoms with van der Waals surface area (Å²) in [6.45, 7) is 0. The second kappa shape index (κ2) is 10.5. The second-order valence-electron chi connectivity index (χ2n) is 16.3. The highest BCUT2D eigenvalue weighted by atomic mass is 15.0. The van der Waals surface area contributed by atoms with Crippen LogP contribution in [0.25, 0.3) is 137 Å². The topological polar surface area (TPSA) is 26.6 Å². The lowest BCUT2D eigenvalue weighted by Crippen LogP contribution is -1.93. The van der Waals surface area contributed by atoms with E-state index in [1.807, 2.05) is 0 Å². The Hall–Kier alpha value is -7.95. The zero-order valence-electron chi connectivity index (χ0n) is 31.6. The minimum absolute atomic E-state index is 1.00. The Morgan fingerprint density at radius 1 is 0.339 bits per heavy atom. The van der Waals surface area contributed by atoms with Crippen LogP contribution in [0.3, 0.4) is 0 Å². The van der Waals surface area contributed by atoms with E-state index >= 15 is 0 Å². The van der Waals surface area contributed by atoms with Gasteiger partial charge in [-0.05, 0) is 81.7 Å². The van der Waals surface area contributed by atoms with Gasteiger partial charge in [0.25, 0.3) is 0 Å². The summed E-state index contributed by atoms with van der Waals surface area (Å²) in [7, 11) is 0. The number of nitrogens with zero attached hydrogens (tertiary/aromatic N) is 4. The summed E-state index contributed by atoms with van der Waals surface area (Å²) in [6.07, 6.45) is 0. The van der Waals surface area contributed by atoms with Gasteiger partial charge in [-0.15, -0.1) is 0 Å². The van der Waals surface area contributed by atoms with E-state index in [4.69, 9.17) is 4.98 Å². The number of rotatable bonds is 2. The molecule has 6 heterocycles. The van der Waals surface area contributed by atoms with Crippen LogP contribution in [0.5, 0.6) is 0 Å². The molecule has 59 heavy (non-hydrogen) atoms. The Balaban J connectivity index is 1.13. The second-order valence-corrected chi connectivity index (χ2v) is 16.3. The molecule has 0 spiro atoms. The van der Waals surface area contributed by atoms with Crippen molar-refractivity contribution in [1.29, 1.82) is 0 Å². The molecule has 15 aromatic rings. The SMILES string of the molecule is c1ccc(-n2c3ccccc3c3cc(-c4cccc5c6cc7ccccc7c7c8cc9c(nc8n(c45)c67)c4c5ccccc5cc5c6ccccc6n9c54)ccc32)cc1. The maximum Gasteiger partial charge on any atom is 0.146 e. The molecule has 0 amide bonds. The van der Waals surface area contributed by atoms with Crippen LogP contribution in [0.15, 0.2) is 182 Å². The molecule has 0 unspecified atom stereocenters. The first kappa shape index (κ1) is 30.2. The van der Waals surface area contributed by atoms with E-state index in [9.17, 15) is 0 Å². The zero-order chi connectivity index (χ0) is 38.1. The standard InChI is InChI=1S/C55H30N4/c1-2-15-34(16-3-1)57-45-23-10-8-19-38(45)41-27-33(25-26-47(41)57)37-21-12-22-40-43-29-31-13-4-6-17-35(31)49-44-30-48-51(56-55(44)59(52(37)40)53(43)49)50-36-18-7-5-14-32(36)28-42-39-20-9-11-24-46(39)58(48)54(42)50/h1-30H. The van der Waals surface area contributed by atoms with E-state index in [1.165, 1.54) is 114 Å². The Bertz CT molecular complexity index is 4300. The van der Waals surface area contributed by atoms with Crippen molar-refractivity contribution in [3.63, 3.8) is 0 Å². The van der Waals surface area contributed by atoms with Crippen LogP contribution in [0, 0.1) is 0 Å². The largest absolute Gasteiger partial charge is 0.309 e. The van der Waals surface area contributed by atoms with Gasteiger partial charge in [0.1, 0.15) is 5.65 Å². The highest BCUT2D eigenvalue weighted by Gasteiger charge is 2.27. The minimum Gasteiger partial charge on any atom is -0.309 e. The number of fused-ring (bicyclic) bond motifs is 19. The Kier molecular flexibility index (Phi) is 5.38. The normalized spacial score (nSPS) is 12.7. The fraction of sp³-hybridized carbons (Fsp3) is 0. The van der Waals surface area contributed by atoms with Crippen molar-refractivity contribution >= 4 is 120 Å². The lowest BCUT2D eigenvalue weighted by molar-refractivity contribution is 1.18. The summed E-state index contributed by atoms with van der Waals surface area (Å²) in [5, 5.41) is 16.2. The molecule has 0 fully saturated rings. The maximum atomic E-state index is 5.87. The number of benzene rings is 9. The summed E-state index contributed by atoms with van der Waals surface area (Å²) >= 11 is 0. The van der Waals surface area contributed by atoms with Crippen molar-refractivity contribution in [3.8, 4) is 16.8 Å². The van der Waals surface area contributed by atoms with Gasteiger partial charge >= 0.3 is 0 Å². The quantitative estimate of drug-likeness (QED) is 0.173. The van der Waals surface area contributed by atoms with Crippen LogP contribution in [-0.4, -0.2) is 18.4 Å². The van der Waals surface area contributed by atoms with Crippen LogP contribution < -0.4 is 0 Å². The number of hydrogen-bond donors (Lipinski definition) is 0. The van der Waals surface area contributed by atoms with Crippen molar-refractivity contribution < 1.29 is 0 Å². The Labute approximate surface area is 335 Å². The summed E-state index contributed by atoms with van der Waals surface area (Å²) in [4.78, 5) is 5.87. The predicted molar refractivity (Wildman–Crippen MR) is 248 cm³/mol. The summed E-state index contributed by atoms with van der Waals surface area (Å²) in [5.74, 6) is 0. The predicted octanol–water partition coefficient (Wildman–Crippen LogP) is 14.5. The first-order chi connectivity index (χ1) is 29.3. The van der Waals surface area contributed by atoms with E-state index in [2.05, 4.69) is 195 Å². The number of para-hydroxylation sites is 4. The van der Waals surface area contributed by atoms with Crippen molar-refractivity contribution in [2.45, 2.75) is 0 Å². The first-order valence-electron chi connectivity index (χ1n) is 20.4. The van der Waals surface area contributed by atoms with Crippen LogP contribution in [0.1, 0.15) is 0 Å². The van der Waals surface area contributed by atoms with Gasteiger partial charge in [0.05, 0.1) is 44.1 Å². The third kappa shape index (κ3) is 3.60. The maximum absolute atomic E-state index is 5.87. The zero-order valence-corrected chi connectivity index (χ0v) is 31.6. The number of hydrogen-bond acceptors (Lipinski definition) is 1.